The van der Waals surface area contributed by atoms with Crippen LogP contribution in [0.15, 0.2) is 59.8 Å². The van der Waals surface area contributed by atoms with Gasteiger partial charge in [-0.15, -0.1) is 0 Å². The molecule has 0 bridgehead atoms. The highest BCUT2D eigenvalue weighted by molar-refractivity contribution is 6.03. The van der Waals surface area contributed by atoms with Crippen molar-refractivity contribution < 1.29 is 9.57 Å². The fourth-order valence-electron chi connectivity index (χ4n) is 2.24. The smallest absolute Gasteiger partial charge is 0.217 e. The van der Waals surface area contributed by atoms with Crippen molar-refractivity contribution in [2.75, 3.05) is 18.7 Å². The minimum Gasteiger partial charge on any atom is -0.367 e. The fraction of sp³-hybridized carbons (Fsp3) is 0.350. The molecule has 2 aromatic carbocycles. The van der Waals surface area contributed by atoms with E-state index in [9.17, 15) is 0 Å². The van der Waals surface area contributed by atoms with Gasteiger partial charge in [-0.1, -0.05) is 41.6 Å². The molecular formula is C20H26N2O2. The highest BCUT2D eigenvalue weighted by atomic mass is 16.7. The number of benzene rings is 2. The first-order valence-corrected chi connectivity index (χ1v) is 8.07. The molecule has 0 saturated carbocycles. The molecule has 0 heterocycles. The lowest BCUT2D eigenvalue weighted by molar-refractivity contribution is -0.119. The summed E-state index contributed by atoms with van der Waals surface area (Å²) in [5.41, 5.74) is 3.79. The lowest BCUT2D eigenvalue weighted by atomic mass is 10.1. The van der Waals surface area contributed by atoms with Gasteiger partial charge < -0.3 is 14.5 Å². The number of hydrogen-bond donors (Lipinski definition) is 0. The van der Waals surface area contributed by atoms with Crippen LogP contribution in [0.4, 0.5) is 11.4 Å². The Balaban J connectivity index is 2.16. The summed E-state index contributed by atoms with van der Waals surface area (Å²) in [5, 5.41) is 4.20. The summed E-state index contributed by atoms with van der Waals surface area (Å²) in [6, 6.07) is 18.4. The van der Waals surface area contributed by atoms with E-state index in [0.717, 1.165) is 22.6 Å². The molecule has 2 aromatic rings. The molecule has 128 valence electrons. The van der Waals surface area contributed by atoms with Crippen molar-refractivity contribution in [3.8, 4) is 0 Å². The summed E-state index contributed by atoms with van der Waals surface area (Å²) in [5.74, 6) is 0. The zero-order valence-electron chi connectivity index (χ0n) is 15.1. The van der Waals surface area contributed by atoms with E-state index in [1.807, 2.05) is 71.1 Å². The van der Waals surface area contributed by atoms with Crippen molar-refractivity contribution in [3.63, 3.8) is 0 Å². The molecular weight excluding hydrogens is 300 g/mol. The van der Waals surface area contributed by atoms with E-state index in [-0.39, 0.29) is 12.4 Å². The predicted molar refractivity (Wildman–Crippen MR) is 99.9 cm³/mol. The van der Waals surface area contributed by atoms with Crippen LogP contribution in [0.5, 0.6) is 0 Å². The molecule has 0 fully saturated rings. The summed E-state index contributed by atoms with van der Waals surface area (Å²) in [6.07, 6.45) is 0. The maximum atomic E-state index is 5.52. The molecule has 0 spiro atoms. The Kier molecular flexibility index (Phi) is 5.99. The quantitative estimate of drug-likeness (QED) is 0.325. The Labute approximate surface area is 144 Å². The van der Waals surface area contributed by atoms with E-state index in [1.54, 1.807) is 0 Å². The van der Waals surface area contributed by atoms with E-state index in [2.05, 4.69) is 28.3 Å². The maximum absolute atomic E-state index is 5.52. The lowest BCUT2D eigenvalue weighted by Crippen LogP contribution is -2.20. The Morgan fingerprint density at radius 3 is 2.29 bits per heavy atom. The standard InChI is InChI=1S/C20H26N2O2/c1-16(21-24-15-23-20(2,3)4)18-13-9-10-14-19(18)22(5)17-11-7-6-8-12-17/h6-14H,15H2,1-5H3/b21-16+. The van der Waals surface area contributed by atoms with Crippen LogP contribution in [0, 0.1) is 0 Å². The third-order valence-corrected chi connectivity index (χ3v) is 3.54. The Morgan fingerprint density at radius 1 is 1.00 bits per heavy atom. The second kappa shape index (κ2) is 7.97. The van der Waals surface area contributed by atoms with Crippen LogP contribution >= 0.6 is 0 Å². The number of hydrogen-bond acceptors (Lipinski definition) is 4. The molecule has 0 saturated heterocycles. The molecule has 2 rings (SSSR count). The Morgan fingerprint density at radius 2 is 1.62 bits per heavy atom. The zero-order chi connectivity index (χ0) is 17.6. The molecule has 0 unspecified atom stereocenters. The summed E-state index contributed by atoms with van der Waals surface area (Å²) >= 11 is 0. The normalized spacial score (nSPS) is 12.1. The van der Waals surface area contributed by atoms with Crippen molar-refractivity contribution in [2.24, 2.45) is 5.16 Å². The predicted octanol–water partition coefficient (Wildman–Crippen LogP) is 4.97. The highest BCUT2D eigenvalue weighted by Crippen LogP contribution is 2.27. The molecule has 4 nitrogen and oxygen atoms in total. The molecule has 0 aliphatic heterocycles. The summed E-state index contributed by atoms with van der Waals surface area (Å²) in [6.45, 7) is 8.03. The van der Waals surface area contributed by atoms with Crippen molar-refractivity contribution in [3.05, 3.63) is 60.2 Å². The van der Waals surface area contributed by atoms with Crippen LogP contribution in [-0.2, 0) is 9.57 Å². The monoisotopic (exact) mass is 326 g/mol. The fourth-order valence-corrected chi connectivity index (χ4v) is 2.24. The molecule has 0 radical (unpaired) electrons. The summed E-state index contributed by atoms with van der Waals surface area (Å²) in [4.78, 5) is 7.45. The second-order valence-corrected chi connectivity index (χ2v) is 6.59. The van der Waals surface area contributed by atoms with Gasteiger partial charge in [-0.3, -0.25) is 0 Å². The summed E-state index contributed by atoms with van der Waals surface area (Å²) < 4.78 is 5.52. The Hall–Kier alpha value is -2.33. The van der Waals surface area contributed by atoms with Gasteiger partial charge in [0.05, 0.1) is 17.0 Å². The van der Waals surface area contributed by atoms with Crippen molar-refractivity contribution in [1.29, 1.82) is 0 Å². The molecule has 0 amide bonds. The molecule has 4 heteroatoms. The van der Waals surface area contributed by atoms with Gasteiger partial charge in [0.2, 0.25) is 6.79 Å². The van der Waals surface area contributed by atoms with Gasteiger partial charge in [0.1, 0.15) is 0 Å². The van der Waals surface area contributed by atoms with Gasteiger partial charge in [-0.2, -0.15) is 0 Å². The number of anilines is 2. The third kappa shape index (κ3) is 5.10. The summed E-state index contributed by atoms with van der Waals surface area (Å²) in [7, 11) is 2.05. The molecule has 0 aliphatic rings. The average molecular weight is 326 g/mol. The van der Waals surface area contributed by atoms with Gasteiger partial charge in [0.15, 0.2) is 0 Å². The maximum Gasteiger partial charge on any atom is 0.217 e. The van der Waals surface area contributed by atoms with Gasteiger partial charge in [0, 0.05) is 18.3 Å². The van der Waals surface area contributed by atoms with Gasteiger partial charge >= 0.3 is 0 Å². The first-order valence-electron chi connectivity index (χ1n) is 8.07. The topological polar surface area (TPSA) is 34.1 Å². The van der Waals surface area contributed by atoms with E-state index in [1.165, 1.54) is 0 Å². The molecule has 0 N–H and O–H groups in total. The molecule has 0 aromatic heterocycles. The van der Waals surface area contributed by atoms with Crippen LogP contribution in [0.3, 0.4) is 0 Å². The van der Waals surface area contributed by atoms with Crippen LogP contribution < -0.4 is 4.90 Å². The van der Waals surface area contributed by atoms with Crippen molar-refractivity contribution >= 4 is 17.1 Å². The van der Waals surface area contributed by atoms with Crippen LogP contribution in [0.1, 0.15) is 33.3 Å². The first-order chi connectivity index (χ1) is 11.4. The second-order valence-electron chi connectivity index (χ2n) is 6.59. The average Bonchev–Trinajstić information content (AvgIpc) is 2.58. The number of rotatable bonds is 6. The van der Waals surface area contributed by atoms with Crippen LogP contribution in [-0.4, -0.2) is 25.2 Å². The third-order valence-electron chi connectivity index (χ3n) is 3.54. The van der Waals surface area contributed by atoms with E-state index in [4.69, 9.17) is 9.57 Å². The van der Waals surface area contributed by atoms with E-state index in [0.29, 0.717) is 0 Å². The SMILES string of the molecule is C/C(=N\OCOC(C)(C)C)c1ccccc1N(C)c1ccccc1. The minimum atomic E-state index is -0.241. The number of oxime groups is 1. The van der Waals surface area contributed by atoms with E-state index < -0.39 is 0 Å². The minimum absolute atomic E-state index is 0.136. The van der Waals surface area contributed by atoms with Gasteiger partial charge in [0.25, 0.3) is 0 Å². The number of para-hydroxylation sites is 2. The number of ether oxygens (including phenoxy) is 1. The van der Waals surface area contributed by atoms with Crippen molar-refractivity contribution in [2.45, 2.75) is 33.3 Å². The zero-order valence-corrected chi connectivity index (χ0v) is 15.1. The molecule has 0 atom stereocenters. The largest absolute Gasteiger partial charge is 0.367 e. The van der Waals surface area contributed by atoms with Crippen LogP contribution in [0.25, 0.3) is 0 Å². The van der Waals surface area contributed by atoms with Crippen LogP contribution in [0.2, 0.25) is 0 Å². The van der Waals surface area contributed by atoms with Gasteiger partial charge in [-0.05, 0) is 45.9 Å². The van der Waals surface area contributed by atoms with Gasteiger partial charge in [-0.25, -0.2) is 0 Å². The number of nitrogens with zero attached hydrogens (tertiary/aromatic N) is 2. The molecule has 24 heavy (non-hydrogen) atoms. The first kappa shape index (κ1) is 18.0. The molecule has 0 aliphatic carbocycles. The Bertz CT molecular complexity index is 676. The van der Waals surface area contributed by atoms with E-state index >= 15 is 0 Å². The van der Waals surface area contributed by atoms with Crippen molar-refractivity contribution in [1.82, 2.24) is 0 Å². The highest BCUT2D eigenvalue weighted by Gasteiger charge is 2.12. The lowest BCUT2D eigenvalue weighted by Gasteiger charge is -2.22.